The molecule has 1 aliphatic carbocycles. The molecule has 0 bridgehead atoms. The molecule has 2 aromatic rings. The van der Waals surface area contributed by atoms with E-state index >= 15 is 0 Å². The minimum absolute atomic E-state index is 0.329. The minimum atomic E-state index is 0.329. The summed E-state index contributed by atoms with van der Waals surface area (Å²) in [5, 5.41) is 1.03. The second-order valence-corrected chi connectivity index (χ2v) is 5.74. The molecule has 1 aromatic heterocycles. The van der Waals surface area contributed by atoms with Gasteiger partial charge in [0.1, 0.15) is 4.60 Å². The lowest BCUT2D eigenvalue weighted by atomic mass is 10.1. The first-order valence-corrected chi connectivity index (χ1v) is 7.38. The lowest BCUT2D eigenvalue weighted by molar-refractivity contribution is -0.107. The Bertz CT molecular complexity index is 608. The second-order valence-electron chi connectivity index (χ2n) is 4.93. The molecular weight excluding hydrogens is 304 g/mol. The number of hydrogen-bond acceptors (Lipinski definition) is 2. The molecule has 1 saturated carbocycles. The zero-order valence-electron chi connectivity index (χ0n) is 10.6. The number of rotatable bonds is 3. The van der Waals surface area contributed by atoms with Crippen molar-refractivity contribution in [2.75, 3.05) is 4.90 Å². The van der Waals surface area contributed by atoms with Gasteiger partial charge in [0.2, 0.25) is 6.41 Å². The van der Waals surface area contributed by atoms with Gasteiger partial charge < -0.3 is 4.90 Å². The van der Waals surface area contributed by atoms with Crippen molar-refractivity contribution in [3.8, 4) is 0 Å². The van der Waals surface area contributed by atoms with E-state index in [2.05, 4.69) is 20.9 Å². The molecule has 0 saturated heterocycles. The van der Waals surface area contributed by atoms with Crippen LogP contribution in [-0.2, 0) is 4.79 Å². The SMILES string of the molecule is O=CN(c1cc(Br)nc2ccccc12)C1CCCC1. The van der Waals surface area contributed by atoms with Crippen LogP contribution in [0.1, 0.15) is 25.7 Å². The number of carbonyl (C=O) groups excluding carboxylic acids is 1. The molecule has 0 aliphatic heterocycles. The monoisotopic (exact) mass is 318 g/mol. The Labute approximate surface area is 120 Å². The number of fused-ring (bicyclic) bond motifs is 1. The van der Waals surface area contributed by atoms with E-state index in [9.17, 15) is 4.79 Å². The Balaban J connectivity index is 2.13. The molecule has 1 amide bonds. The fraction of sp³-hybridized carbons (Fsp3) is 0.333. The molecule has 98 valence electrons. The molecule has 0 spiro atoms. The van der Waals surface area contributed by atoms with Crippen molar-refractivity contribution < 1.29 is 4.79 Å². The number of halogens is 1. The predicted molar refractivity (Wildman–Crippen MR) is 80.2 cm³/mol. The number of pyridine rings is 1. The smallest absolute Gasteiger partial charge is 0.214 e. The summed E-state index contributed by atoms with van der Waals surface area (Å²) in [6.07, 6.45) is 5.56. The lowest BCUT2D eigenvalue weighted by Crippen LogP contribution is -2.32. The Morgan fingerprint density at radius 3 is 2.74 bits per heavy atom. The fourth-order valence-corrected chi connectivity index (χ4v) is 3.27. The number of benzene rings is 1. The van der Waals surface area contributed by atoms with E-state index in [1.807, 2.05) is 35.2 Å². The van der Waals surface area contributed by atoms with E-state index in [0.717, 1.165) is 40.4 Å². The highest BCUT2D eigenvalue weighted by atomic mass is 79.9. The first-order chi connectivity index (χ1) is 9.29. The van der Waals surface area contributed by atoms with Gasteiger partial charge in [-0.3, -0.25) is 4.79 Å². The molecule has 1 fully saturated rings. The van der Waals surface area contributed by atoms with Gasteiger partial charge in [-0.1, -0.05) is 31.0 Å². The first kappa shape index (κ1) is 12.6. The quantitative estimate of drug-likeness (QED) is 0.635. The van der Waals surface area contributed by atoms with Gasteiger partial charge in [0, 0.05) is 11.4 Å². The predicted octanol–water partition coefficient (Wildman–Crippen LogP) is 3.90. The fourth-order valence-electron chi connectivity index (χ4n) is 2.86. The lowest BCUT2D eigenvalue weighted by Gasteiger charge is -2.26. The Morgan fingerprint density at radius 2 is 2.00 bits per heavy atom. The topological polar surface area (TPSA) is 33.2 Å². The van der Waals surface area contributed by atoms with Gasteiger partial charge in [0.05, 0.1) is 11.2 Å². The third-order valence-corrected chi connectivity index (χ3v) is 4.18. The summed E-state index contributed by atoms with van der Waals surface area (Å²) < 4.78 is 0.769. The average molecular weight is 319 g/mol. The first-order valence-electron chi connectivity index (χ1n) is 6.58. The summed E-state index contributed by atoms with van der Waals surface area (Å²) in [4.78, 5) is 17.9. The van der Waals surface area contributed by atoms with E-state index < -0.39 is 0 Å². The van der Waals surface area contributed by atoms with Crippen LogP contribution in [0.15, 0.2) is 34.9 Å². The van der Waals surface area contributed by atoms with Crippen molar-refractivity contribution in [2.45, 2.75) is 31.7 Å². The molecule has 0 radical (unpaired) electrons. The van der Waals surface area contributed by atoms with Crippen LogP contribution in [-0.4, -0.2) is 17.4 Å². The number of aromatic nitrogens is 1. The molecule has 0 atom stereocenters. The molecule has 3 rings (SSSR count). The maximum atomic E-state index is 11.5. The van der Waals surface area contributed by atoms with Crippen LogP contribution >= 0.6 is 15.9 Å². The van der Waals surface area contributed by atoms with Gasteiger partial charge in [-0.2, -0.15) is 0 Å². The zero-order valence-corrected chi connectivity index (χ0v) is 12.1. The van der Waals surface area contributed by atoms with Gasteiger partial charge in [0.25, 0.3) is 0 Å². The zero-order chi connectivity index (χ0) is 13.2. The summed E-state index contributed by atoms with van der Waals surface area (Å²) in [5.41, 5.74) is 1.87. The van der Waals surface area contributed by atoms with Gasteiger partial charge in [-0.15, -0.1) is 0 Å². The third-order valence-electron chi connectivity index (χ3n) is 3.77. The highest BCUT2D eigenvalue weighted by molar-refractivity contribution is 9.10. The average Bonchev–Trinajstić information content (AvgIpc) is 2.93. The summed E-state index contributed by atoms with van der Waals surface area (Å²) in [6.45, 7) is 0. The van der Waals surface area contributed by atoms with Crippen LogP contribution < -0.4 is 4.90 Å². The van der Waals surface area contributed by atoms with Crippen molar-refractivity contribution in [3.05, 3.63) is 34.9 Å². The highest BCUT2D eigenvalue weighted by Crippen LogP contribution is 2.33. The third kappa shape index (κ3) is 2.37. The number of nitrogens with zero attached hydrogens (tertiary/aromatic N) is 2. The molecule has 0 N–H and O–H groups in total. The van der Waals surface area contributed by atoms with E-state index in [0.29, 0.717) is 6.04 Å². The number of para-hydroxylation sites is 1. The van der Waals surface area contributed by atoms with Crippen LogP contribution in [0.5, 0.6) is 0 Å². The van der Waals surface area contributed by atoms with Crippen LogP contribution in [0, 0.1) is 0 Å². The largest absolute Gasteiger partial charge is 0.311 e. The van der Waals surface area contributed by atoms with Crippen LogP contribution in [0.4, 0.5) is 5.69 Å². The maximum Gasteiger partial charge on any atom is 0.214 e. The van der Waals surface area contributed by atoms with Gasteiger partial charge in [-0.05, 0) is 40.9 Å². The second kappa shape index (κ2) is 5.29. The maximum absolute atomic E-state index is 11.5. The molecule has 1 aliphatic rings. The van der Waals surface area contributed by atoms with E-state index in [4.69, 9.17) is 0 Å². The Kier molecular flexibility index (Phi) is 3.51. The molecule has 4 heteroatoms. The van der Waals surface area contributed by atoms with Gasteiger partial charge in [-0.25, -0.2) is 4.98 Å². The minimum Gasteiger partial charge on any atom is -0.311 e. The normalized spacial score (nSPS) is 15.8. The number of amides is 1. The molecule has 3 nitrogen and oxygen atoms in total. The number of carbonyl (C=O) groups is 1. The van der Waals surface area contributed by atoms with Crippen LogP contribution in [0.25, 0.3) is 10.9 Å². The van der Waals surface area contributed by atoms with Crippen LogP contribution in [0.2, 0.25) is 0 Å². The standard InChI is InChI=1S/C15H15BrN2O/c16-15-9-14(12-7-3-4-8-13(12)17-15)18(10-19)11-5-1-2-6-11/h3-4,7-11H,1-2,5-6H2. The number of anilines is 1. The number of hydrogen-bond donors (Lipinski definition) is 0. The van der Waals surface area contributed by atoms with Gasteiger partial charge >= 0.3 is 0 Å². The molecule has 0 unspecified atom stereocenters. The summed E-state index contributed by atoms with van der Waals surface area (Å²) in [7, 11) is 0. The Morgan fingerprint density at radius 1 is 1.26 bits per heavy atom. The summed E-state index contributed by atoms with van der Waals surface area (Å²) >= 11 is 3.44. The van der Waals surface area contributed by atoms with Crippen molar-refractivity contribution in [1.82, 2.24) is 4.98 Å². The van der Waals surface area contributed by atoms with Crippen molar-refractivity contribution in [3.63, 3.8) is 0 Å². The van der Waals surface area contributed by atoms with E-state index in [1.165, 1.54) is 12.8 Å². The molecule has 1 aromatic carbocycles. The summed E-state index contributed by atoms with van der Waals surface area (Å²) in [6, 6.07) is 10.2. The van der Waals surface area contributed by atoms with Gasteiger partial charge in [0.15, 0.2) is 0 Å². The molecule has 19 heavy (non-hydrogen) atoms. The van der Waals surface area contributed by atoms with Crippen LogP contribution in [0.3, 0.4) is 0 Å². The molecular formula is C15H15BrN2O. The Hall–Kier alpha value is -1.42. The highest BCUT2D eigenvalue weighted by Gasteiger charge is 2.24. The molecule has 1 heterocycles. The van der Waals surface area contributed by atoms with Crippen molar-refractivity contribution >= 4 is 38.9 Å². The summed E-state index contributed by atoms with van der Waals surface area (Å²) in [5.74, 6) is 0. The van der Waals surface area contributed by atoms with E-state index in [1.54, 1.807) is 0 Å². The van der Waals surface area contributed by atoms with E-state index in [-0.39, 0.29) is 0 Å². The van der Waals surface area contributed by atoms with Crippen molar-refractivity contribution in [1.29, 1.82) is 0 Å². The van der Waals surface area contributed by atoms with Crippen molar-refractivity contribution in [2.24, 2.45) is 0 Å².